The highest BCUT2D eigenvalue weighted by Gasteiger charge is 2.31. The van der Waals surface area contributed by atoms with Crippen molar-refractivity contribution in [2.75, 3.05) is 16.6 Å². The molecule has 0 fully saturated rings. The molecule has 1 aromatic rings. The highest BCUT2D eigenvalue weighted by atomic mass is 32.2. The molecule has 1 heterocycles. The second kappa shape index (κ2) is 6.17. The van der Waals surface area contributed by atoms with Gasteiger partial charge in [-0.15, -0.1) is 0 Å². The molecule has 2 N–H and O–H groups in total. The van der Waals surface area contributed by atoms with Crippen LogP contribution in [-0.2, 0) is 26.5 Å². The van der Waals surface area contributed by atoms with Gasteiger partial charge in [-0.3, -0.25) is 4.31 Å². The first-order valence-corrected chi connectivity index (χ1v) is 10.5. The number of nitrogens with zero attached hydrogens (tertiary/aromatic N) is 1. The van der Waals surface area contributed by atoms with Crippen LogP contribution in [0.3, 0.4) is 0 Å². The van der Waals surface area contributed by atoms with Crippen LogP contribution in [-0.4, -0.2) is 29.1 Å². The maximum Gasteiger partial charge on any atom is 0.238 e. The van der Waals surface area contributed by atoms with Gasteiger partial charge in [0, 0.05) is 6.54 Å². The van der Waals surface area contributed by atoms with Crippen molar-refractivity contribution in [3.05, 3.63) is 23.8 Å². The lowest BCUT2D eigenvalue weighted by Crippen LogP contribution is -2.34. The van der Waals surface area contributed by atoms with Gasteiger partial charge in [-0.2, -0.15) is 0 Å². The lowest BCUT2D eigenvalue weighted by Gasteiger charge is -2.22. The van der Waals surface area contributed by atoms with E-state index in [0.717, 1.165) is 18.4 Å². The van der Waals surface area contributed by atoms with Crippen LogP contribution in [0, 0.1) is 5.92 Å². The van der Waals surface area contributed by atoms with E-state index in [1.807, 2.05) is 13.8 Å². The molecule has 8 heteroatoms. The molecule has 0 radical (unpaired) electrons. The number of fused-ring (bicyclic) bond motifs is 1. The first-order chi connectivity index (χ1) is 10.2. The third kappa shape index (κ3) is 3.44. The van der Waals surface area contributed by atoms with Gasteiger partial charge >= 0.3 is 0 Å². The number of primary sulfonamides is 1. The van der Waals surface area contributed by atoms with Crippen molar-refractivity contribution < 1.29 is 16.8 Å². The second-order valence-electron chi connectivity index (χ2n) is 5.62. The van der Waals surface area contributed by atoms with E-state index in [1.54, 1.807) is 6.07 Å². The molecule has 0 bridgehead atoms. The molecule has 0 aliphatic carbocycles. The van der Waals surface area contributed by atoms with Gasteiger partial charge in [0.05, 0.1) is 16.3 Å². The Labute approximate surface area is 132 Å². The summed E-state index contributed by atoms with van der Waals surface area (Å²) in [5.74, 6) is 0.189. The number of hydrogen-bond donors (Lipinski definition) is 1. The molecule has 0 saturated heterocycles. The summed E-state index contributed by atoms with van der Waals surface area (Å²) in [7, 11) is -7.31. The zero-order valence-electron chi connectivity index (χ0n) is 12.8. The molecule has 0 atom stereocenters. The average molecular weight is 346 g/mol. The molecule has 6 nitrogen and oxygen atoms in total. The maximum atomic E-state index is 12.6. The van der Waals surface area contributed by atoms with Crippen molar-refractivity contribution in [1.82, 2.24) is 0 Å². The van der Waals surface area contributed by atoms with Crippen molar-refractivity contribution in [3.63, 3.8) is 0 Å². The second-order valence-corrected chi connectivity index (χ2v) is 9.12. The third-order valence-electron chi connectivity index (χ3n) is 4.18. The summed E-state index contributed by atoms with van der Waals surface area (Å²) in [5, 5.41) is 5.13. The number of rotatable bonds is 6. The van der Waals surface area contributed by atoms with E-state index in [1.165, 1.54) is 16.4 Å². The highest BCUT2D eigenvalue weighted by molar-refractivity contribution is 7.92. The van der Waals surface area contributed by atoms with Gasteiger partial charge in [-0.1, -0.05) is 32.8 Å². The monoisotopic (exact) mass is 346 g/mol. The van der Waals surface area contributed by atoms with Gasteiger partial charge < -0.3 is 0 Å². The number of nitrogens with two attached hydrogens (primary N) is 1. The molecule has 1 aliphatic heterocycles. The van der Waals surface area contributed by atoms with E-state index in [2.05, 4.69) is 0 Å². The Bertz CT molecular complexity index is 753. The Morgan fingerprint density at radius 3 is 2.36 bits per heavy atom. The zero-order valence-corrected chi connectivity index (χ0v) is 14.5. The number of anilines is 1. The molecule has 0 spiro atoms. The van der Waals surface area contributed by atoms with Crippen molar-refractivity contribution in [2.24, 2.45) is 11.1 Å². The predicted octanol–water partition coefficient (Wildman–Crippen LogP) is 1.46. The van der Waals surface area contributed by atoms with Gasteiger partial charge in [-0.05, 0) is 30.0 Å². The number of benzene rings is 1. The summed E-state index contributed by atoms with van der Waals surface area (Å²) in [4.78, 5) is -0.0594. The van der Waals surface area contributed by atoms with Crippen LogP contribution in [0.15, 0.2) is 23.1 Å². The minimum Gasteiger partial charge on any atom is -0.270 e. The first kappa shape index (κ1) is 17.2. The fraction of sp³-hybridized carbons (Fsp3) is 0.571. The van der Waals surface area contributed by atoms with Crippen molar-refractivity contribution in [1.29, 1.82) is 0 Å². The van der Waals surface area contributed by atoms with Crippen molar-refractivity contribution >= 4 is 25.7 Å². The zero-order chi connectivity index (χ0) is 16.5. The summed E-state index contributed by atoms with van der Waals surface area (Å²) in [6, 6.07) is 4.43. The van der Waals surface area contributed by atoms with Gasteiger partial charge in [-0.25, -0.2) is 22.0 Å². The quantitative estimate of drug-likeness (QED) is 0.843. The van der Waals surface area contributed by atoms with E-state index in [4.69, 9.17) is 5.14 Å². The van der Waals surface area contributed by atoms with E-state index in [0.29, 0.717) is 18.7 Å². The minimum absolute atomic E-state index is 0.0594. The summed E-state index contributed by atoms with van der Waals surface area (Å²) in [6.45, 7) is 4.30. The first-order valence-electron chi connectivity index (χ1n) is 7.35. The number of hydrogen-bond acceptors (Lipinski definition) is 4. The Kier molecular flexibility index (Phi) is 4.84. The molecule has 124 valence electrons. The molecule has 0 saturated carbocycles. The summed E-state index contributed by atoms with van der Waals surface area (Å²) in [6.07, 6.45) is 2.18. The summed E-state index contributed by atoms with van der Waals surface area (Å²) in [5.41, 5.74) is 1.28. The lowest BCUT2D eigenvalue weighted by atomic mass is 10.1. The molecular formula is C14H22N2O4S2. The molecule has 22 heavy (non-hydrogen) atoms. The predicted molar refractivity (Wildman–Crippen MR) is 86.7 cm³/mol. The lowest BCUT2D eigenvalue weighted by molar-refractivity contribution is 0.522. The van der Waals surface area contributed by atoms with Gasteiger partial charge in [0.15, 0.2) is 0 Å². The minimum atomic E-state index is -3.85. The number of sulfonamides is 2. The summed E-state index contributed by atoms with van der Waals surface area (Å²) < 4.78 is 49.5. The Morgan fingerprint density at radius 2 is 1.82 bits per heavy atom. The Morgan fingerprint density at radius 1 is 1.18 bits per heavy atom. The van der Waals surface area contributed by atoms with Crippen molar-refractivity contribution in [3.8, 4) is 0 Å². The van der Waals surface area contributed by atoms with Gasteiger partial charge in [0.1, 0.15) is 0 Å². The van der Waals surface area contributed by atoms with Crippen LogP contribution >= 0.6 is 0 Å². The van der Waals surface area contributed by atoms with Crippen molar-refractivity contribution in [2.45, 2.75) is 38.0 Å². The van der Waals surface area contributed by atoms with Gasteiger partial charge in [0.25, 0.3) is 0 Å². The Balaban J connectivity index is 2.39. The fourth-order valence-electron chi connectivity index (χ4n) is 2.71. The van der Waals surface area contributed by atoms with Gasteiger partial charge in [0.2, 0.25) is 20.0 Å². The molecule has 1 aromatic carbocycles. The standard InChI is InChI=1S/C14H22N2O4S2/c1-3-11(4-2)10-21(17,18)16-8-7-12-5-6-13(9-14(12)16)22(15,19)20/h5-6,9,11H,3-4,7-8,10H2,1-2H3,(H2,15,19,20). The smallest absolute Gasteiger partial charge is 0.238 e. The topological polar surface area (TPSA) is 97.5 Å². The summed E-state index contributed by atoms with van der Waals surface area (Å²) >= 11 is 0. The maximum absolute atomic E-state index is 12.6. The van der Waals surface area contributed by atoms with E-state index >= 15 is 0 Å². The van der Waals surface area contributed by atoms with Crippen LogP contribution in [0.5, 0.6) is 0 Å². The average Bonchev–Trinajstić information content (AvgIpc) is 2.87. The van der Waals surface area contributed by atoms with E-state index in [9.17, 15) is 16.8 Å². The fourth-order valence-corrected chi connectivity index (χ4v) is 5.33. The van der Waals surface area contributed by atoms with Crippen LogP contribution < -0.4 is 9.44 Å². The van der Waals surface area contributed by atoms with Crippen LogP contribution in [0.4, 0.5) is 5.69 Å². The molecule has 0 amide bonds. The molecule has 0 aromatic heterocycles. The van der Waals surface area contributed by atoms with Crippen LogP contribution in [0.1, 0.15) is 32.3 Å². The SMILES string of the molecule is CCC(CC)CS(=O)(=O)N1CCc2ccc(S(N)(=O)=O)cc21. The molecule has 2 rings (SSSR count). The molecule has 0 unspecified atom stereocenters. The highest BCUT2D eigenvalue weighted by Crippen LogP contribution is 2.33. The molecular weight excluding hydrogens is 324 g/mol. The van der Waals surface area contributed by atoms with E-state index in [-0.39, 0.29) is 16.6 Å². The normalized spacial score (nSPS) is 15.4. The van der Waals surface area contributed by atoms with Crippen LogP contribution in [0.2, 0.25) is 0 Å². The van der Waals surface area contributed by atoms with Crippen LogP contribution in [0.25, 0.3) is 0 Å². The third-order valence-corrected chi connectivity index (χ3v) is 7.03. The Hall–Kier alpha value is -1.12. The largest absolute Gasteiger partial charge is 0.270 e. The molecule has 1 aliphatic rings. The van der Waals surface area contributed by atoms with E-state index < -0.39 is 20.0 Å².